The number of carbonyl (C=O) groups is 1. The van der Waals surface area contributed by atoms with Crippen LogP contribution in [0.25, 0.3) is 0 Å². The van der Waals surface area contributed by atoms with E-state index >= 15 is 0 Å². The molecule has 0 aliphatic heterocycles. The van der Waals surface area contributed by atoms with Gasteiger partial charge in [-0.05, 0) is 25.8 Å². The molecule has 0 aromatic heterocycles. The number of hydrogen-bond acceptors (Lipinski definition) is 3. The molecule has 0 aromatic rings. The van der Waals surface area contributed by atoms with Gasteiger partial charge < -0.3 is 10.1 Å². The van der Waals surface area contributed by atoms with Gasteiger partial charge in [-0.2, -0.15) is 0 Å². The molecule has 13 heavy (non-hydrogen) atoms. The molecule has 0 atom stereocenters. The molecule has 0 bridgehead atoms. The summed E-state index contributed by atoms with van der Waals surface area (Å²) in [6, 6.07) is 0. The number of allylic oxidation sites excluding steroid dienone is 2. The lowest BCUT2D eigenvalue weighted by Crippen LogP contribution is -2.14. The second kappa shape index (κ2) is 6.29. The highest BCUT2D eigenvalue weighted by Crippen LogP contribution is 2.01. The predicted molar refractivity (Wildman–Crippen MR) is 53.0 cm³/mol. The van der Waals surface area contributed by atoms with E-state index in [-0.39, 0.29) is 5.97 Å². The maximum absolute atomic E-state index is 11.1. The minimum Gasteiger partial charge on any atom is -0.407 e. The zero-order chi connectivity index (χ0) is 10.3. The zero-order valence-corrected chi connectivity index (χ0v) is 8.68. The van der Waals surface area contributed by atoms with Crippen molar-refractivity contribution in [2.75, 3.05) is 7.05 Å². The Hall–Kier alpha value is -1.25. The third-order valence-electron chi connectivity index (χ3n) is 1.37. The lowest BCUT2D eigenvalue weighted by Gasteiger charge is -2.07. The van der Waals surface area contributed by atoms with Crippen molar-refractivity contribution in [3.63, 3.8) is 0 Å². The van der Waals surface area contributed by atoms with Crippen LogP contribution in [0.4, 0.5) is 0 Å². The van der Waals surface area contributed by atoms with Crippen molar-refractivity contribution in [3.8, 4) is 0 Å². The van der Waals surface area contributed by atoms with Crippen molar-refractivity contribution in [3.05, 3.63) is 23.6 Å². The quantitative estimate of drug-likeness (QED) is 0.411. The summed E-state index contributed by atoms with van der Waals surface area (Å²) in [7, 11) is 1.72. The van der Waals surface area contributed by atoms with Gasteiger partial charge in [0, 0.05) is 13.1 Å². The number of esters is 1. The third kappa shape index (κ3) is 5.06. The minimum absolute atomic E-state index is 0.340. The molecule has 0 fully saturated rings. The third-order valence-corrected chi connectivity index (χ3v) is 1.37. The summed E-state index contributed by atoms with van der Waals surface area (Å²) in [5.74, 6) is 0.179. The average molecular weight is 183 g/mol. The van der Waals surface area contributed by atoms with E-state index in [4.69, 9.17) is 4.74 Å². The lowest BCUT2D eigenvalue weighted by molar-refractivity contribution is -0.134. The molecule has 3 heteroatoms. The molecule has 0 spiro atoms. The van der Waals surface area contributed by atoms with Gasteiger partial charge in [-0.15, -0.1) is 0 Å². The van der Waals surface area contributed by atoms with Gasteiger partial charge in [-0.3, -0.25) is 0 Å². The van der Waals surface area contributed by atoms with Crippen LogP contribution in [0.5, 0.6) is 0 Å². The van der Waals surface area contributed by atoms with Crippen LogP contribution in [0.15, 0.2) is 23.6 Å². The summed E-state index contributed by atoms with van der Waals surface area (Å²) in [5, 5.41) is 2.81. The van der Waals surface area contributed by atoms with E-state index in [9.17, 15) is 4.79 Å². The van der Waals surface area contributed by atoms with Gasteiger partial charge in [0.2, 0.25) is 0 Å². The first kappa shape index (κ1) is 11.8. The molecule has 0 saturated carbocycles. The first-order chi connectivity index (χ1) is 6.11. The number of hydrogen-bond donors (Lipinski definition) is 1. The monoisotopic (exact) mass is 183 g/mol. The summed E-state index contributed by atoms with van der Waals surface area (Å²) in [5.41, 5.74) is 0.945. The van der Waals surface area contributed by atoms with Crippen LogP contribution in [-0.4, -0.2) is 13.0 Å². The van der Waals surface area contributed by atoms with Gasteiger partial charge in [-0.1, -0.05) is 13.0 Å². The molecule has 0 aliphatic carbocycles. The molecule has 0 rings (SSSR count). The Labute approximate surface area is 79.5 Å². The van der Waals surface area contributed by atoms with Crippen LogP contribution in [-0.2, 0) is 9.53 Å². The Morgan fingerprint density at radius 2 is 2.08 bits per heavy atom. The predicted octanol–water partition coefficient (Wildman–Crippen LogP) is 1.97. The molecule has 74 valence electrons. The molecule has 0 heterocycles. The van der Waals surface area contributed by atoms with Gasteiger partial charge in [-0.25, -0.2) is 4.79 Å². The maximum Gasteiger partial charge on any atom is 0.337 e. The number of ether oxygens (including phenoxy) is 1. The van der Waals surface area contributed by atoms with Crippen molar-refractivity contribution in [1.29, 1.82) is 0 Å². The zero-order valence-electron chi connectivity index (χ0n) is 8.68. The molecule has 0 aliphatic rings. The molecule has 0 aromatic carbocycles. The molecule has 3 nitrogen and oxygen atoms in total. The molecule has 0 unspecified atom stereocenters. The first-order valence-electron chi connectivity index (χ1n) is 4.35. The summed E-state index contributed by atoms with van der Waals surface area (Å²) in [6.45, 7) is 5.72. The molecular formula is C10H17NO2. The summed E-state index contributed by atoms with van der Waals surface area (Å²) in [6.07, 6.45) is 4.03. The van der Waals surface area contributed by atoms with Crippen LogP contribution >= 0.6 is 0 Å². The minimum atomic E-state index is -0.340. The fraction of sp³-hybridized carbons (Fsp3) is 0.500. The van der Waals surface area contributed by atoms with Gasteiger partial charge in [0.1, 0.15) is 0 Å². The van der Waals surface area contributed by atoms with Crippen molar-refractivity contribution in [2.45, 2.75) is 27.2 Å². The number of carbonyl (C=O) groups excluding carboxylic acids is 1. The highest BCUT2D eigenvalue weighted by atomic mass is 16.5. The highest BCUT2D eigenvalue weighted by molar-refractivity contribution is 5.82. The standard InChI is InChI=1S/C10H17NO2/c1-5-6-7-9(12)13-10(11-4)8(2)3/h6-7,11H,5H2,1-4H3/b7-6+. The van der Waals surface area contributed by atoms with E-state index in [2.05, 4.69) is 5.32 Å². The normalized spacial score (nSPS) is 9.85. The van der Waals surface area contributed by atoms with Gasteiger partial charge in [0.05, 0.1) is 0 Å². The van der Waals surface area contributed by atoms with Gasteiger partial charge >= 0.3 is 5.97 Å². The summed E-state index contributed by atoms with van der Waals surface area (Å²) >= 11 is 0. The van der Waals surface area contributed by atoms with Crippen molar-refractivity contribution >= 4 is 5.97 Å². The smallest absolute Gasteiger partial charge is 0.337 e. The fourth-order valence-electron chi connectivity index (χ4n) is 0.752. The Morgan fingerprint density at radius 1 is 1.46 bits per heavy atom. The highest BCUT2D eigenvalue weighted by Gasteiger charge is 2.02. The molecule has 1 N–H and O–H groups in total. The SMILES string of the molecule is CC/C=C/C(=O)OC(NC)=C(C)C. The van der Waals surface area contributed by atoms with Crippen LogP contribution in [0.1, 0.15) is 27.2 Å². The van der Waals surface area contributed by atoms with E-state index < -0.39 is 0 Å². The molecule has 0 radical (unpaired) electrons. The topological polar surface area (TPSA) is 38.3 Å². The van der Waals surface area contributed by atoms with Crippen LogP contribution in [0.3, 0.4) is 0 Å². The summed E-state index contributed by atoms with van der Waals surface area (Å²) in [4.78, 5) is 11.1. The maximum atomic E-state index is 11.1. The lowest BCUT2D eigenvalue weighted by atomic mass is 10.3. The average Bonchev–Trinajstić information content (AvgIpc) is 2.10. The molecule has 0 amide bonds. The Bertz CT molecular complexity index is 225. The van der Waals surface area contributed by atoms with E-state index in [1.165, 1.54) is 6.08 Å². The van der Waals surface area contributed by atoms with Crippen LogP contribution in [0, 0.1) is 0 Å². The van der Waals surface area contributed by atoms with Crippen LogP contribution < -0.4 is 5.32 Å². The van der Waals surface area contributed by atoms with E-state index in [0.29, 0.717) is 5.88 Å². The Morgan fingerprint density at radius 3 is 2.46 bits per heavy atom. The largest absolute Gasteiger partial charge is 0.407 e. The van der Waals surface area contributed by atoms with Crippen LogP contribution in [0.2, 0.25) is 0 Å². The molecule has 0 saturated heterocycles. The number of rotatable bonds is 4. The second-order valence-electron chi connectivity index (χ2n) is 2.81. The van der Waals surface area contributed by atoms with E-state index in [1.54, 1.807) is 13.1 Å². The van der Waals surface area contributed by atoms with E-state index in [1.807, 2.05) is 20.8 Å². The van der Waals surface area contributed by atoms with E-state index in [0.717, 1.165) is 12.0 Å². The first-order valence-corrected chi connectivity index (χ1v) is 4.35. The van der Waals surface area contributed by atoms with Crippen molar-refractivity contribution in [1.82, 2.24) is 5.32 Å². The Kier molecular flexibility index (Phi) is 5.68. The fourth-order valence-corrected chi connectivity index (χ4v) is 0.752. The van der Waals surface area contributed by atoms with Gasteiger partial charge in [0.15, 0.2) is 5.88 Å². The van der Waals surface area contributed by atoms with Crippen molar-refractivity contribution < 1.29 is 9.53 Å². The van der Waals surface area contributed by atoms with Crippen molar-refractivity contribution in [2.24, 2.45) is 0 Å². The number of nitrogens with one attached hydrogen (secondary N) is 1. The summed E-state index contributed by atoms with van der Waals surface area (Å²) < 4.78 is 5.01. The van der Waals surface area contributed by atoms with Gasteiger partial charge in [0.25, 0.3) is 0 Å². The Balaban J connectivity index is 4.19. The molecular weight excluding hydrogens is 166 g/mol. The second-order valence-corrected chi connectivity index (χ2v) is 2.81.